The second-order valence-corrected chi connectivity index (χ2v) is 5.05. The molecule has 0 saturated heterocycles. The molecule has 2 N–H and O–H groups in total. The Balaban J connectivity index is 2.03. The second kappa shape index (κ2) is 5.48. The van der Waals surface area contributed by atoms with Gasteiger partial charge >= 0.3 is 0 Å². The minimum atomic E-state index is 0.708. The predicted octanol–water partition coefficient (Wildman–Crippen LogP) is 2.12. The monoisotopic (exact) mass is 221 g/mol. The fourth-order valence-corrected chi connectivity index (χ4v) is 2.87. The van der Waals surface area contributed by atoms with Crippen molar-refractivity contribution in [2.45, 2.75) is 38.5 Å². The molecular weight excluding hydrogens is 198 g/mol. The van der Waals surface area contributed by atoms with Crippen molar-refractivity contribution in [3.05, 3.63) is 18.2 Å². The Morgan fingerprint density at radius 3 is 2.69 bits per heavy atom. The molecule has 1 aromatic rings. The summed E-state index contributed by atoms with van der Waals surface area (Å²) >= 11 is 0. The molecule has 1 heterocycles. The zero-order valence-electron chi connectivity index (χ0n) is 10.2. The van der Waals surface area contributed by atoms with Gasteiger partial charge in [0, 0.05) is 25.9 Å². The molecule has 0 bridgehead atoms. The molecule has 1 aliphatic carbocycles. The molecule has 1 fully saturated rings. The quantitative estimate of drug-likeness (QED) is 0.795. The summed E-state index contributed by atoms with van der Waals surface area (Å²) in [5.74, 6) is 2.66. The van der Waals surface area contributed by atoms with Crippen LogP contribution < -0.4 is 5.73 Å². The zero-order chi connectivity index (χ0) is 11.4. The molecule has 0 amide bonds. The first-order chi connectivity index (χ1) is 7.81. The maximum absolute atomic E-state index is 5.90. The SMILES string of the molecule is Cn1ccnc1CC1CCCCCC1CN. The average molecular weight is 221 g/mol. The van der Waals surface area contributed by atoms with E-state index in [-0.39, 0.29) is 0 Å². The fourth-order valence-electron chi connectivity index (χ4n) is 2.87. The molecule has 0 radical (unpaired) electrons. The summed E-state index contributed by atoms with van der Waals surface area (Å²) in [7, 11) is 2.08. The number of hydrogen-bond acceptors (Lipinski definition) is 2. The van der Waals surface area contributed by atoms with Gasteiger partial charge in [0.1, 0.15) is 5.82 Å². The maximum Gasteiger partial charge on any atom is 0.108 e. The van der Waals surface area contributed by atoms with Gasteiger partial charge in [0.2, 0.25) is 0 Å². The minimum Gasteiger partial charge on any atom is -0.338 e. The van der Waals surface area contributed by atoms with Crippen LogP contribution >= 0.6 is 0 Å². The highest BCUT2D eigenvalue weighted by molar-refractivity contribution is 4.94. The van der Waals surface area contributed by atoms with Gasteiger partial charge in [-0.05, 0) is 31.2 Å². The standard InChI is InChI=1S/C13H23N3/c1-16-8-7-15-13(16)9-11-5-3-2-4-6-12(11)10-14/h7-8,11-12H,2-6,9-10,14H2,1H3. The topological polar surface area (TPSA) is 43.8 Å². The Bertz CT molecular complexity index is 319. The van der Waals surface area contributed by atoms with Gasteiger partial charge in [0.05, 0.1) is 0 Å². The molecule has 1 aromatic heterocycles. The summed E-state index contributed by atoms with van der Waals surface area (Å²) in [6.07, 6.45) is 11.8. The molecule has 2 atom stereocenters. The van der Waals surface area contributed by atoms with E-state index in [2.05, 4.69) is 16.6 Å². The van der Waals surface area contributed by atoms with Crippen molar-refractivity contribution in [2.75, 3.05) is 6.54 Å². The first-order valence-electron chi connectivity index (χ1n) is 6.47. The number of aromatic nitrogens is 2. The minimum absolute atomic E-state index is 0.708. The van der Waals surface area contributed by atoms with Gasteiger partial charge in [-0.2, -0.15) is 0 Å². The van der Waals surface area contributed by atoms with Gasteiger partial charge in [0.15, 0.2) is 0 Å². The van der Waals surface area contributed by atoms with Crippen LogP contribution in [0.3, 0.4) is 0 Å². The summed E-state index contributed by atoms with van der Waals surface area (Å²) in [6, 6.07) is 0. The predicted molar refractivity (Wildman–Crippen MR) is 66.0 cm³/mol. The van der Waals surface area contributed by atoms with Crippen molar-refractivity contribution in [2.24, 2.45) is 24.6 Å². The van der Waals surface area contributed by atoms with Crippen molar-refractivity contribution in [3.63, 3.8) is 0 Å². The molecule has 0 aliphatic heterocycles. The van der Waals surface area contributed by atoms with Crippen LogP contribution in [0, 0.1) is 11.8 Å². The summed E-state index contributed by atoms with van der Waals surface area (Å²) in [5.41, 5.74) is 5.90. The molecule has 0 spiro atoms. The summed E-state index contributed by atoms with van der Waals surface area (Å²) < 4.78 is 2.14. The molecule has 1 saturated carbocycles. The molecule has 0 aromatic carbocycles. The lowest BCUT2D eigenvalue weighted by molar-refractivity contribution is 0.311. The normalized spacial score (nSPS) is 26.6. The lowest BCUT2D eigenvalue weighted by atomic mass is 9.85. The lowest BCUT2D eigenvalue weighted by Crippen LogP contribution is -2.25. The first-order valence-corrected chi connectivity index (χ1v) is 6.47. The van der Waals surface area contributed by atoms with E-state index in [1.54, 1.807) is 0 Å². The van der Waals surface area contributed by atoms with E-state index in [1.165, 1.54) is 37.9 Å². The largest absolute Gasteiger partial charge is 0.338 e. The number of nitrogens with two attached hydrogens (primary N) is 1. The van der Waals surface area contributed by atoms with Crippen molar-refractivity contribution < 1.29 is 0 Å². The van der Waals surface area contributed by atoms with E-state index < -0.39 is 0 Å². The third-order valence-corrected chi connectivity index (χ3v) is 3.98. The van der Waals surface area contributed by atoms with Crippen molar-refractivity contribution in [1.29, 1.82) is 0 Å². The molecule has 2 unspecified atom stereocenters. The number of hydrogen-bond donors (Lipinski definition) is 1. The molecule has 2 rings (SSSR count). The van der Waals surface area contributed by atoms with Gasteiger partial charge in [-0.15, -0.1) is 0 Å². The summed E-state index contributed by atoms with van der Waals surface area (Å²) in [5, 5.41) is 0. The average Bonchev–Trinajstić information content (AvgIpc) is 2.56. The Kier molecular flexibility index (Phi) is 3.99. The van der Waals surface area contributed by atoms with Crippen LogP contribution in [0.5, 0.6) is 0 Å². The van der Waals surface area contributed by atoms with Crippen LogP contribution in [0.2, 0.25) is 0 Å². The van der Waals surface area contributed by atoms with Gasteiger partial charge in [0.25, 0.3) is 0 Å². The molecule has 16 heavy (non-hydrogen) atoms. The second-order valence-electron chi connectivity index (χ2n) is 5.05. The molecule has 3 nitrogen and oxygen atoms in total. The Morgan fingerprint density at radius 2 is 2.06 bits per heavy atom. The van der Waals surface area contributed by atoms with Gasteiger partial charge in [-0.1, -0.05) is 19.3 Å². The summed E-state index contributed by atoms with van der Waals surface area (Å²) in [4.78, 5) is 4.43. The fraction of sp³-hybridized carbons (Fsp3) is 0.769. The number of aryl methyl sites for hydroxylation is 1. The van der Waals surface area contributed by atoms with E-state index in [9.17, 15) is 0 Å². The molecule has 90 valence electrons. The summed E-state index contributed by atoms with van der Waals surface area (Å²) in [6.45, 7) is 0.842. The molecule has 3 heteroatoms. The van der Waals surface area contributed by atoms with Crippen LogP contribution in [0.25, 0.3) is 0 Å². The van der Waals surface area contributed by atoms with Crippen molar-refractivity contribution in [1.82, 2.24) is 9.55 Å². The van der Waals surface area contributed by atoms with E-state index >= 15 is 0 Å². The number of nitrogens with zero attached hydrogens (tertiary/aromatic N) is 2. The van der Waals surface area contributed by atoms with E-state index in [0.29, 0.717) is 5.92 Å². The Labute approximate surface area is 98.1 Å². The van der Waals surface area contributed by atoms with Crippen LogP contribution in [0.15, 0.2) is 12.4 Å². The Morgan fingerprint density at radius 1 is 1.31 bits per heavy atom. The molecule has 1 aliphatic rings. The Hall–Kier alpha value is -0.830. The van der Waals surface area contributed by atoms with Crippen LogP contribution in [-0.2, 0) is 13.5 Å². The highest BCUT2D eigenvalue weighted by Crippen LogP contribution is 2.30. The molecular formula is C13H23N3. The third kappa shape index (κ3) is 2.64. The van der Waals surface area contributed by atoms with Crippen LogP contribution in [0.4, 0.5) is 0 Å². The van der Waals surface area contributed by atoms with Crippen LogP contribution in [0.1, 0.15) is 37.9 Å². The highest BCUT2D eigenvalue weighted by atomic mass is 15.0. The van der Waals surface area contributed by atoms with E-state index in [0.717, 1.165) is 18.9 Å². The lowest BCUT2D eigenvalue weighted by Gasteiger charge is -2.23. The van der Waals surface area contributed by atoms with Crippen molar-refractivity contribution >= 4 is 0 Å². The van der Waals surface area contributed by atoms with Gasteiger partial charge in [-0.3, -0.25) is 0 Å². The zero-order valence-corrected chi connectivity index (χ0v) is 10.2. The maximum atomic E-state index is 5.90. The first kappa shape index (κ1) is 11.6. The van der Waals surface area contributed by atoms with Gasteiger partial charge < -0.3 is 10.3 Å². The van der Waals surface area contributed by atoms with E-state index in [1.807, 2.05) is 12.4 Å². The number of rotatable bonds is 3. The third-order valence-electron chi connectivity index (χ3n) is 3.98. The van der Waals surface area contributed by atoms with Gasteiger partial charge in [-0.25, -0.2) is 4.98 Å². The smallest absolute Gasteiger partial charge is 0.108 e. The van der Waals surface area contributed by atoms with Crippen LogP contribution in [-0.4, -0.2) is 16.1 Å². The van der Waals surface area contributed by atoms with Crippen molar-refractivity contribution in [3.8, 4) is 0 Å². The highest BCUT2D eigenvalue weighted by Gasteiger charge is 2.23. The number of imidazole rings is 1. The van der Waals surface area contributed by atoms with E-state index in [4.69, 9.17) is 5.73 Å².